The third-order valence-corrected chi connectivity index (χ3v) is 5.44. The minimum Gasteiger partial charge on any atom is -0.459 e. The number of carbonyl (C=O) groups is 2. The normalized spacial score (nSPS) is 24.5. The molecule has 0 aromatic carbocycles. The van der Waals surface area contributed by atoms with Crippen LogP contribution in [0.2, 0.25) is 0 Å². The third kappa shape index (κ3) is 4.10. The number of hydrogen-bond acceptors (Lipinski definition) is 5. The number of furan rings is 1. The predicted octanol–water partition coefficient (Wildman–Crippen LogP) is 1.50. The summed E-state index contributed by atoms with van der Waals surface area (Å²) in [4.78, 5) is 29.5. The molecule has 0 spiro atoms. The van der Waals surface area contributed by atoms with E-state index in [4.69, 9.17) is 9.15 Å². The first-order chi connectivity index (χ1) is 12.6. The Labute approximate surface area is 154 Å². The number of nitrogens with one attached hydrogen (secondary N) is 1. The Morgan fingerprint density at radius 2 is 2.00 bits per heavy atom. The minimum atomic E-state index is -0.220. The van der Waals surface area contributed by atoms with Crippen LogP contribution in [-0.4, -0.2) is 72.6 Å². The molecule has 3 rings (SSSR count). The maximum absolute atomic E-state index is 13.0. The Bertz CT molecular complexity index is 594. The highest BCUT2D eigenvalue weighted by atomic mass is 16.5. The summed E-state index contributed by atoms with van der Waals surface area (Å²) < 4.78 is 10.7. The average Bonchev–Trinajstić information content (AvgIpc) is 3.33. The molecule has 0 radical (unpaired) electrons. The molecule has 3 heterocycles. The van der Waals surface area contributed by atoms with Gasteiger partial charge in [0.2, 0.25) is 5.91 Å². The summed E-state index contributed by atoms with van der Waals surface area (Å²) in [6.07, 6.45) is 3.99. The van der Waals surface area contributed by atoms with Crippen molar-refractivity contribution in [1.29, 1.82) is 0 Å². The zero-order valence-electron chi connectivity index (χ0n) is 15.6. The second-order valence-corrected chi connectivity index (χ2v) is 6.95. The van der Waals surface area contributed by atoms with Gasteiger partial charge in [-0.3, -0.25) is 14.5 Å². The molecule has 26 heavy (non-hydrogen) atoms. The Hall–Kier alpha value is -1.86. The number of rotatable bonds is 6. The van der Waals surface area contributed by atoms with E-state index in [1.54, 1.807) is 12.1 Å². The Morgan fingerprint density at radius 1 is 1.27 bits per heavy atom. The van der Waals surface area contributed by atoms with Crippen LogP contribution >= 0.6 is 0 Å². The summed E-state index contributed by atoms with van der Waals surface area (Å²) in [6.45, 7) is 7.58. The fourth-order valence-corrected chi connectivity index (χ4v) is 4.04. The largest absolute Gasteiger partial charge is 0.459 e. The number of carbonyl (C=O) groups excluding carboxylic acids is 2. The zero-order chi connectivity index (χ0) is 18.5. The van der Waals surface area contributed by atoms with E-state index in [1.165, 1.54) is 6.26 Å². The summed E-state index contributed by atoms with van der Waals surface area (Å²) in [5.41, 5.74) is 0. The summed E-state index contributed by atoms with van der Waals surface area (Å²) in [7, 11) is 0. The van der Waals surface area contributed by atoms with Crippen molar-refractivity contribution in [2.75, 3.05) is 32.8 Å². The van der Waals surface area contributed by atoms with E-state index < -0.39 is 0 Å². The van der Waals surface area contributed by atoms with Crippen LogP contribution in [-0.2, 0) is 9.53 Å². The van der Waals surface area contributed by atoms with Crippen LogP contribution in [0.25, 0.3) is 0 Å². The van der Waals surface area contributed by atoms with Crippen molar-refractivity contribution in [3.8, 4) is 0 Å². The SMILES string of the molecule is CCN(CC)C(=O)[C@@H]1C[C@@H](NC(=O)c2ccco2)CN1C1CCOCC1. The van der Waals surface area contributed by atoms with Crippen LogP contribution in [0.15, 0.2) is 22.8 Å². The number of hydrogen-bond donors (Lipinski definition) is 1. The van der Waals surface area contributed by atoms with Crippen molar-refractivity contribution >= 4 is 11.8 Å². The highest BCUT2D eigenvalue weighted by molar-refractivity contribution is 5.91. The lowest BCUT2D eigenvalue weighted by Gasteiger charge is -2.36. The van der Waals surface area contributed by atoms with Crippen molar-refractivity contribution in [3.05, 3.63) is 24.2 Å². The Morgan fingerprint density at radius 3 is 2.62 bits per heavy atom. The third-order valence-electron chi connectivity index (χ3n) is 5.44. The quantitative estimate of drug-likeness (QED) is 0.829. The molecule has 2 atom stereocenters. The number of amides is 2. The molecule has 2 saturated heterocycles. The fraction of sp³-hybridized carbons (Fsp3) is 0.684. The molecule has 1 N–H and O–H groups in total. The van der Waals surface area contributed by atoms with Gasteiger partial charge in [-0.05, 0) is 45.2 Å². The van der Waals surface area contributed by atoms with E-state index in [0.717, 1.165) is 26.1 Å². The smallest absolute Gasteiger partial charge is 0.287 e. The number of likely N-dealkylation sites (tertiary alicyclic amines) is 1. The molecule has 1 aromatic heterocycles. The molecule has 2 aliphatic rings. The number of ether oxygens (including phenoxy) is 1. The molecule has 1 aromatic rings. The second-order valence-electron chi connectivity index (χ2n) is 6.95. The van der Waals surface area contributed by atoms with Crippen LogP contribution < -0.4 is 5.32 Å². The van der Waals surface area contributed by atoms with Crippen LogP contribution in [0.1, 0.15) is 43.7 Å². The van der Waals surface area contributed by atoms with Gasteiger partial charge in [-0.1, -0.05) is 0 Å². The fourth-order valence-electron chi connectivity index (χ4n) is 4.04. The van der Waals surface area contributed by atoms with Crippen molar-refractivity contribution in [1.82, 2.24) is 15.1 Å². The highest BCUT2D eigenvalue weighted by Crippen LogP contribution is 2.27. The molecule has 2 amide bonds. The van der Waals surface area contributed by atoms with Gasteiger partial charge in [0.15, 0.2) is 5.76 Å². The molecule has 2 aliphatic heterocycles. The van der Waals surface area contributed by atoms with Crippen molar-refractivity contribution in [2.24, 2.45) is 0 Å². The monoisotopic (exact) mass is 363 g/mol. The van der Waals surface area contributed by atoms with Crippen molar-refractivity contribution < 1.29 is 18.7 Å². The van der Waals surface area contributed by atoms with E-state index in [2.05, 4.69) is 10.2 Å². The topological polar surface area (TPSA) is 75.0 Å². The van der Waals surface area contributed by atoms with Gasteiger partial charge in [-0.2, -0.15) is 0 Å². The Balaban J connectivity index is 1.71. The van der Waals surface area contributed by atoms with Crippen molar-refractivity contribution in [2.45, 2.75) is 51.2 Å². The molecular weight excluding hydrogens is 334 g/mol. The summed E-state index contributed by atoms with van der Waals surface area (Å²) in [5.74, 6) is 0.250. The average molecular weight is 363 g/mol. The summed E-state index contributed by atoms with van der Waals surface area (Å²) >= 11 is 0. The maximum atomic E-state index is 13.0. The summed E-state index contributed by atoms with van der Waals surface area (Å²) in [5, 5.41) is 3.03. The van der Waals surface area contributed by atoms with Crippen LogP contribution in [0.3, 0.4) is 0 Å². The van der Waals surface area contributed by atoms with Gasteiger partial charge >= 0.3 is 0 Å². The standard InChI is InChI=1S/C19H29N3O4/c1-3-21(4-2)19(24)16-12-14(20-18(23)17-6-5-9-26-17)13-22(16)15-7-10-25-11-8-15/h5-6,9,14-16H,3-4,7-8,10-13H2,1-2H3,(H,20,23)/t14-,16+/m1/s1. The first kappa shape index (κ1) is 18.9. The number of likely N-dealkylation sites (N-methyl/N-ethyl adjacent to an activating group) is 1. The first-order valence-electron chi connectivity index (χ1n) is 9.60. The minimum absolute atomic E-state index is 0.0556. The second kappa shape index (κ2) is 8.68. The van der Waals surface area contributed by atoms with Crippen LogP contribution in [0.4, 0.5) is 0 Å². The molecule has 7 nitrogen and oxygen atoms in total. The molecule has 2 fully saturated rings. The van der Waals surface area contributed by atoms with E-state index in [9.17, 15) is 9.59 Å². The molecule has 0 aliphatic carbocycles. The van der Waals surface area contributed by atoms with Gasteiger partial charge in [0.25, 0.3) is 5.91 Å². The Kier molecular flexibility index (Phi) is 6.32. The highest BCUT2D eigenvalue weighted by Gasteiger charge is 2.42. The molecule has 7 heteroatoms. The zero-order valence-corrected chi connectivity index (χ0v) is 15.6. The molecule has 0 unspecified atom stereocenters. The van der Waals surface area contributed by atoms with E-state index in [-0.39, 0.29) is 23.9 Å². The number of nitrogens with zero attached hydrogens (tertiary/aromatic N) is 2. The van der Waals surface area contributed by atoms with Gasteiger partial charge in [-0.25, -0.2) is 0 Å². The summed E-state index contributed by atoms with van der Waals surface area (Å²) in [6, 6.07) is 3.45. The van der Waals surface area contributed by atoms with Gasteiger partial charge in [-0.15, -0.1) is 0 Å². The lowest BCUT2D eigenvalue weighted by atomic mass is 10.1. The lowest BCUT2D eigenvalue weighted by Crippen LogP contribution is -2.50. The maximum Gasteiger partial charge on any atom is 0.287 e. The first-order valence-corrected chi connectivity index (χ1v) is 9.60. The van der Waals surface area contributed by atoms with E-state index in [1.807, 2.05) is 18.7 Å². The molecule has 144 valence electrons. The van der Waals surface area contributed by atoms with Gasteiger partial charge in [0, 0.05) is 44.9 Å². The van der Waals surface area contributed by atoms with Gasteiger partial charge in [0.05, 0.1) is 12.3 Å². The van der Waals surface area contributed by atoms with Gasteiger partial charge in [0.1, 0.15) is 0 Å². The predicted molar refractivity (Wildman–Crippen MR) is 96.8 cm³/mol. The molecule has 0 bridgehead atoms. The van der Waals surface area contributed by atoms with E-state index in [0.29, 0.717) is 37.9 Å². The van der Waals surface area contributed by atoms with Gasteiger partial charge < -0.3 is 19.4 Å². The van der Waals surface area contributed by atoms with Crippen LogP contribution in [0.5, 0.6) is 0 Å². The van der Waals surface area contributed by atoms with Crippen molar-refractivity contribution in [3.63, 3.8) is 0 Å². The van der Waals surface area contributed by atoms with E-state index >= 15 is 0 Å². The van der Waals surface area contributed by atoms with Crippen LogP contribution in [0, 0.1) is 0 Å². The molecule has 0 saturated carbocycles. The molecular formula is C19H29N3O4. The lowest BCUT2D eigenvalue weighted by molar-refractivity contribution is -0.137.